The molecule has 0 unspecified atom stereocenters. The van der Waals surface area contributed by atoms with E-state index in [0.717, 1.165) is 107 Å². The summed E-state index contributed by atoms with van der Waals surface area (Å²) in [6, 6.07) is 20.4. The summed E-state index contributed by atoms with van der Waals surface area (Å²) in [4.78, 5) is 44.2. The van der Waals surface area contributed by atoms with Crippen LogP contribution >= 0.6 is 11.6 Å². The molecular weight excluding hydrogens is 942 g/mol. The number of aryl methyl sites for hydroxylation is 1. The number of likely N-dealkylation sites (tertiary alicyclic amines) is 2. The van der Waals surface area contributed by atoms with Crippen molar-refractivity contribution in [3.05, 3.63) is 106 Å². The van der Waals surface area contributed by atoms with Gasteiger partial charge in [0.15, 0.2) is 23.0 Å². The van der Waals surface area contributed by atoms with Gasteiger partial charge in [-0.3, -0.25) is 24.5 Å². The molecule has 14 nitrogen and oxygen atoms in total. The van der Waals surface area contributed by atoms with E-state index >= 15 is 8.78 Å². The van der Waals surface area contributed by atoms with Gasteiger partial charge in [0, 0.05) is 78.7 Å². The summed E-state index contributed by atoms with van der Waals surface area (Å²) in [6.07, 6.45) is 10.2. The summed E-state index contributed by atoms with van der Waals surface area (Å²) in [5.41, 5.74) is 8.06. The highest BCUT2D eigenvalue weighted by Crippen LogP contribution is 2.60. The highest BCUT2D eigenvalue weighted by atomic mass is 35.5. The maximum atomic E-state index is 16.6. The van der Waals surface area contributed by atoms with Crippen molar-refractivity contribution in [2.24, 2.45) is 18.2 Å². The number of aromatic nitrogens is 2. The Bertz CT molecular complexity index is 2930. The van der Waals surface area contributed by atoms with Crippen molar-refractivity contribution < 1.29 is 37.7 Å². The molecule has 72 heavy (non-hydrogen) atoms. The van der Waals surface area contributed by atoms with Crippen molar-refractivity contribution in [1.82, 2.24) is 30.2 Å². The number of imide groups is 1. The van der Waals surface area contributed by atoms with Gasteiger partial charge in [-0.05, 0) is 131 Å². The second-order valence-electron chi connectivity index (χ2n) is 21.4. The SMILES string of the molecule is C[C@H]1c2c(cc(F)c(Cl)c2-c2c(C(N)=O)ccc(OCCO)c2F)O[C@]1(CNC12CCC(CN3CCC(N4CCC(c5ccc6c(N7CCC(=O)NC7=O)nn(C)c6c5)CC4)CC3)(CC1)C2)c1ccccc1. The monoisotopic (exact) mass is 1000 g/mol. The third-order valence-electron chi connectivity index (χ3n) is 17.4. The lowest BCUT2D eigenvalue weighted by Crippen LogP contribution is -2.51. The van der Waals surface area contributed by atoms with Crippen LogP contribution in [0.2, 0.25) is 5.02 Å². The predicted octanol–water partition coefficient (Wildman–Crippen LogP) is 8.12. The molecule has 17 heteroatoms. The van der Waals surface area contributed by atoms with Crippen LogP contribution in [0.25, 0.3) is 22.0 Å². The van der Waals surface area contributed by atoms with Crippen LogP contribution in [0.15, 0.2) is 66.7 Å². The number of amides is 4. The maximum Gasteiger partial charge on any atom is 0.329 e. The van der Waals surface area contributed by atoms with E-state index in [1.54, 1.807) is 4.90 Å². The van der Waals surface area contributed by atoms with Crippen molar-refractivity contribution in [3.63, 3.8) is 0 Å². The lowest BCUT2D eigenvalue weighted by molar-refractivity contribution is -0.120. The van der Waals surface area contributed by atoms with Gasteiger partial charge < -0.3 is 35.4 Å². The molecular formula is C55H63ClF2N8O6. The van der Waals surface area contributed by atoms with Crippen molar-refractivity contribution in [3.8, 4) is 22.6 Å². The molecule has 2 saturated carbocycles. The average Bonchev–Trinajstić information content (AvgIpc) is 4.11. The molecule has 0 spiro atoms. The smallest absolute Gasteiger partial charge is 0.329 e. The molecule has 11 rings (SSSR count). The number of aliphatic hydroxyl groups is 1. The number of carbonyl (C=O) groups is 3. The Morgan fingerprint density at radius 3 is 2.43 bits per heavy atom. The van der Waals surface area contributed by atoms with Gasteiger partial charge in [-0.15, -0.1) is 0 Å². The van der Waals surface area contributed by atoms with Crippen molar-refractivity contribution in [1.29, 1.82) is 0 Å². The Kier molecular flexibility index (Phi) is 12.8. The molecule has 0 radical (unpaired) electrons. The highest BCUT2D eigenvalue weighted by molar-refractivity contribution is 6.34. The van der Waals surface area contributed by atoms with E-state index in [1.165, 1.54) is 23.8 Å². The number of primary amides is 1. The van der Waals surface area contributed by atoms with Crippen LogP contribution in [0.3, 0.4) is 0 Å². The molecule has 4 amide bonds. The fourth-order valence-electron chi connectivity index (χ4n) is 13.6. The zero-order valence-electron chi connectivity index (χ0n) is 41.0. The summed E-state index contributed by atoms with van der Waals surface area (Å²) in [5.74, 6) is -2.40. The first-order valence-corrected chi connectivity index (χ1v) is 26.0. The number of anilines is 1. The number of benzene rings is 4. The molecule has 2 bridgehead atoms. The predicted molar refractivity (Wildman–Crippen MR) is 271 cm³/mol. The first-order valence-electron chi connectivity index (χ1n) is 25.6. The first-order chi connectivity index (χ1) is 34.7. The molecule has 4 aliphatic heterocycles. The van der Waals surface area contributed by atoms with Crippen LogP contribution in [-0.4, -0.2) is 113 Å². The number of piperidine rings is 2. The van der Waals surface area contributed by atoms with E-state index in [9.17, 15) is 19.5 Å². The Hall–Kier alpha value is -5.65. The van der Waals surface area contributed by atoms with Gasteiger partial charge in [-0.2, -0.15) is 5.10 Å². The van der Waals surface area contributed by atoms with E-state index in [-0.39, 0.29) is 69.7 Å². The Morgan fingerprint density at radius 2 is 1.72 bits per heavy atom. The molecule has 2 aliphatic carbocycles. The van der Waals surface area contributed by atoms with Crippen LogP contribution < -0.4 is 30.7 Å². The fourth-order valence-corrected chi connectivity index (χ4v) is 13.8. The molecule has 5 aromatic rings. The largest absolute Gasteiger partial charge is 0.488 e. The molecule has 2 atom stereocenters. The number of nitrogens with one attached hydrogen (secondary N) is 2. The average molecular weight is 1010 g/mol. The van der Waals surface area contributed by atoms with Crippen LogP contribution in [0, 0.1) is 17.0 Å². The highest BCUT2D eigenvalue weighted by Gasteiger charge is 2.57. The van der Waals surface area contributed by atoms with Gasteiger partial charge >= 0.3 is 6.03 Å². The van der Waals surface area contributed by atoms with Crippen LogP contribution in [-0.2, 0) is 17.4 Å². The Morgan fingerprint density at radius 1 is 0.972 bits per heavy atom. The van der Waals surface area contributed by atoms with Crippen molar-refractivity contribution >= 4 is 46.2 Å². The second-order valence-corrected chi connectivity index (χ2v) is 21.8. The number of ether oxygens (including phenoxy) is 2. The molecule has 1 aromatic heterocycles. The zero-order valence-corrected chi connectivity index (χ0v) is 41.7. The molecule has 3 saturated heterocycles. The maximum absolute atomic E-state index is 16.6. The van der Waals surface area contributed by atoms with E-state index in [0.29, 0.717) is 36.4 Å². The zero-order chi connectivity index (χ0) is 50.1. The number of carbonyl (C=O) groups excluding carboxylic acids is 3. The van der Waals surface area contributed by atoms with Crippen molar-refractivity contribution in [2.75, 3.05) is 63.9 Å². The number of hydrogen-bond acceptors (Lipinski definition) is 10. The van der Waals surface area contributed by atoms with Gasteiger partial charge in [0.1, 0.15) is 18.2 Å². The minimum absolute atomic E-state index is 0.00721. The number of halogens is 3. The molecule has 380 valence electrons. The van der Waals surface area contributed by atoms with Crippen LogP contribution in [0.1, 0.15) is 110 Å². The number of hydrogen-bond donors (Lipinski definition) is 4. The quantitative estimate of drug-likeness (QED) is 0.0854. The van der Waals surface area contributed by atoms with Gasteiger partial charge in [0.05, 0.1) is 22.7 Å². The van der Waals surface area contributed by atoms with E-state index in [1.807, 2.05) is 49.0 Å². The molecule has 5 heterocycles. The Balaban J connectivity index is 0.737. The number of nitrogens with zero attached hydrogens (tertiary/aromatic N) is 5. The molecule has 4 aromatic carbocycles. The number of urea groups is 1. The summed E-state index contributed by atoms with van der Waals surface area (Å²) < 4.78 is 46.9. The normalized spacial score (nSPS) is 26.1. The third kappa shape index (κ3) is 8.50. The summed E-state index contributed by atoms with van der Waals surface area (Å²) in [6.45, 7) is 7.55. The summed E-state index contributed by atoms with van der Waals surface area (Å²) in [5, 5.41) is 21.1. The number of nitrogens with two attached hydrogens (primary N) is 1. The number of rotatable bonds is 14. The Labute approximate surface area is 423 Å². The van der Waals surface area contributed by atoms with Crippen LogP contribution in [0.5, 0.6) is 11.5 Å². The minimum atomic E-state index is -1.04. The summed E-state index contributed by atoms with van der Waals surface area (Å²) >= 11 is 6.79. The van der Waals surface area contributed by atoms with Crippen LogP contribution in [0.4, 0.5) is 19.4 Å². The third-order valence-corrected chi connectivity index (χ3v) is 17.8. The van der Waals surface area contributed by atoms with E-state index < -0.39 is 35.1 Å². The second kappa shape index (κ2) is 19.0. The topological polar surface area (TPSA) is 168 Å². The van der Waals surface area contributed by atoms with Gasteiger partial charge in [0.2, 0.25) is 11.8 Å². The fraction of sp³-hybridized carbons (Fsp3) is 0.491. The van der Waals surface area contributed by atoms with Crippen molar-refractivity contribution in [2.45, 2.75) is 100 Å². The molecule has 5 fully saturated rings. The standard InChI is InChI=1S/C55H63ClF2N8O6/c1-33-45-43(29-40(57)48(56)47(45)46-39(50(59)69)10-11-42(49(46)58)71-27-26-67)72-55(33,36-6-4-3-5-7-36)31-60-54-19-17-53(30-54,18-20-54)32-64-21-14-37(15-22-64)65-23-12-34(13-24-65)35-8-9-38-41(28-35)63(2)62-51(38)66-25-16-44(68)61-52(66)70/h3-11,28-29,33-34,37,60,67H,12-27,30-32H2,1-2H3,(H2,59,69)(H,61,68,70)/t33-,53?,54?,55-/m0/s1. The number of aliphatic hydroxyl groups excluding tert-OH is 1. The molecule has 5 N–H and O–H groups in total. The number of fused-ring (bicyclic) bond motifs is 4. The molecule has 6 aliphatic rings. The van der Waals surface area contributed by atoms with E-state index in [4.69, 9.17) is 26.8 Å². The lowest BCUT2D eigenvalue weighted by atomic mass is 9.77. The van der Waals surface area contributed by atoms with Gasteiger partial charge in [-0.25, -0.2) is 13.6 Å². The summed E-state index contributed by atoms with van der Waals surface area (Å²) in [7, 11) is 1.91. The van der Waals surface area contributed by atoms with E-state index in [2.05, 4.69) is 43.7 Å². The lowest BCUT2D eigenvalue weighted by Gasteiger charge is -2.43. The first kappa shape index (κ1) is 48.6. The van der Waals surface area contributed by atoms with Gasteiger partial charge in [0.25, 0.3) is 0 Å². The minimum Gasteiger partial charge on any atom is -0.488 e. The van der Waals surface area contributed by atoms with Gasteiger partial charge in [-0.1, -0.05) is 54.9 Å².